The summed E-state index contributed by atoms with van der Waals surface area (Å²) < 4.78 is 339. The molecule has 14 aromatic carbocycles. The van der Waals surface area contributed by atoms with Crippen molar-refractivity contribution in [3.05, 3.63) is 386 Å². The van der Waals surface area contributed by atoms with E-state index in [1.165, 1.54) is 24.3 Å². The van der Waals surface area contributed by atoms with Gasteiger partial charge in [0.2, 0.25) is 23.3 Å². The van der Waals surface area contributed by atoms with E-state index in [0.717, 1.165) is 138 Å². The number of rotatable bonds is 10. The maximum atomic E-state index is 17.8. The number of benzene rings is 14. The van der Waals surface area contributed by atoms with Crippen molar-refractivity contribution in [3.63, 3.8) is 0 Å². The number of nitrogens with zero attached hydrogens (tertiary/aromatic N) is 4. The van der Waals surface area contributed by atoms with E-state index in [1.54, 1.807) is 48.5 Å². The highest BCUT2D eigenvalue weighted by atomic mass is 19.2. The number of hydrogen-bond donors (Lipinski definition) is 2. The molecule has 2 N–H and O–H groups in total. The number of aromatic nitrogens is 6. The summed E-state index contributed by atoms with van der Waals surface area (Å²) in [4.78, 5) is 25.7. The van der Waals surface area contributed by atoms with Crippen LogP contribution in [0.4, 0.5) is 87.8 Å². The van der Waals surface area contributed by atoms with Gasteiger partial charge in [0.15, 0.2) is 93.1 Å². The molecule has 26 heteroatoms. The Labute approximate surface area is 807 Å². The molecule has 4 aliphatic heterocycles. The van der Waals surface area contributed by atoms with Crippen LogP contribution in [0.1, 0.15) is 112 Å². The number of fused-ring (bicyclic) bond motifs is 16. The predicted octanol–water partition coefficient (Wildman–Crippen LogP) is 34.4. The van der Waals surface area contributed by atoms with Gasteiger partial charge >= 0.3 is 0 Å². The lowest BCUT2D eigenvalue weighted by Gasteiger charge is -2.21. The van der Waals surface area contributed by atoms with Crippen LogP contribution in [0.2, 0.25) is 0 Å². The van der Waals surface area contributed by atoms with Gasteiger partial charge in [0.1, 0.15) is 0 Å². The van der Waals surface area contributed by atoms with E-state index in [9.17, 15) is 0 Å². The zero-order chi connectivity index (χ0) is 102. The molecule has 4 aliphatic rings. The van der Waals surface area contributed by atoms with E-state index < -0.39 is 206 Å². The number of aryl methyl sites for hydroxylation is 12. The van der Waals surface area contributed by atoms with Crippen LogP contribution in [0.3, 0.4) is 0 Å². The normalized spacial score (nSPS) is 12.3. The molecule has 0 unspecified atom stereocenters. The third-order valence-electron chi connectivity index (χ3n) is 27.3. The summed E-state index contributed by atoms with van der Waals surface area (Å²) in [5.41, 5.74) is -3.93. The topological polar surface area (TPSA) is 83.1 Å². The summed E-state index contributed by atoms with van der Waals surface area (Å²) in [6.45, 7) is 22.8. The quantitative estimate of drug-likeness (QED) is 0.0619. The van der Waals surface area contributed by atoms with Gasteiger partial charge in [-0.15, -0.1) is 0 Å². The molecule has 0 saturated heterocycles. The fraction of sp³-hybridized carbons (Fsp3) is 0.102. The predicted molar refractivity (Wildman–Crippen MR) is 528 cm³/mol. The van der Waals surface area contributed by atoms with Crippen LogP contribution in [0, 0.1) is 199 Å². The highest BCUT2D eigenvalue weighted by molar-refractivity contribution is 6.24. The average Bonchev–Trinajstić information content (AvgIpc) is 1.38. The number of H-pyrrole nitrogens is 2. The molecule has 3 aromatic heterocycles. The second-order valence-electron chi connectivity index (χ2n) is 36.7. The zero-order valence-corrected chi connectivity index (χ0v) is 78.0. The molecule has 0 saturated carbocycles. The van der Waals surface area contributed by atoms with Crippen molar-refractivity contribution in [1.29, 1.82) is 0 Å². The van der Waals surface area contributed by atoms with Gasteiger partial charge in [-0.1, -0.05) is 144 Å². The van der Waals surface area contributed by atoms with Crippen molar-refractivity contribution in [1.82, 2.24) is 29.9 Å². The molecule has 714 valence electrons. The van der Waals surface area contributed by atoms with Crippen LogP contribution in [-0.2, 0) is 0 Å². The highest BCUT2D eigenvalue weighted by Crippen LogP contribution is 2.54. The van der Waals surface area contributed by atoms with Crippen LogP contribution >= 0.6 is 0 Å². The fourth-order valence-electron chi connectivity index (χ4n) is 21.8. The third kappa shape index (κ3) is 14.6. The van der Waals surface area contributed by atoms with E-state index in [4.69, 9.17) is 9.97 Å². The van der Waals surface area contributed by atoms with Crippen molar-refractivity contribution >= 4 is 114 Å². The molecule has 0 radical (unpaired) electrons. The molecule has 144 heavy (non-hydrogen) atoms. The van der Waals surface area contributed by atoms with Gasteiger partial charge in [-0.3, -0.25) is 0 Å². The average molecular weight is 1950 g/mol. The van der Waals surface area contributed by atoms with Crippen LogP contribution in [0.25, 0.3) is 225 Å². The van der Waals surface area contributed by atoms with Crippen molar-refractivity contribution in [3.8, 4) is 111 Å². The number of hydrogen-bond acceptors (Lipinski definition) is 4. The smallest absolute Gasteiger partial charge is 0.200 e. The van der Waals surface area contributed by atoms with E-state index in [-0.39, 0.29) is 44.7 Å². The summed E-state index contributed by atoms with van der Waals surface area (Å²) >= 11 is 0. The molecule has 6 nitrogen and oxygen atoms in total. The summed E-state index contributed by atoms with van der Waals surface area (Å²) in [6, 6.07) is 45.2. The summed E-state index contributed by atoms with van der Waals surface area (Å²) in [6.07, 6.45) is 7.91. The largest absolute Gasteiger partial charge is 0.354 e. The van der Waals surface area contributed by atoms with Crippen molar-refractivity contribution in [2.45, 2.75) is 83.1 Å². The van der Waals surface area contributed by atoms with E-state index in [2.05, 4.69) is 19.9 Å². The first-order valence-corrected chi connectivity index (χ1v) is 45.3. The van der Waals surface area contributed by atoms with Crippen molar-refractivity contribution < 1.29 is 87.8 Å². The fourth-order valence-corrected chi connectivity index (χ4v) is 21.8. The molecule has 0 fully saturated rings. The first kappa shape index (κ1) is 93.9. The minimum Gasteiger partial charge on any atom is -0.354 e. The van der Waals surface area contributed by atoms with Crippen LogP contribution < -0.4 is 0 Å². The monoisotopic (exact) mass is 1950 g/mol. The maximum Gasteiger partial charge on any atom is 0.200 e. The third-order valence-corrected chi connectivity index (χ3v) is 27.3. The Kier molecular flexibility index (Phi) is 22.7. The van der Waals surface area contributed by atoms with E-state index >= 15 is 87.8 Å². The van der Waals surface area contributed by atoms with E-state index in [0.29, 0.717) is 65.3 Å². The van der Waals surface area contributed by atoms with E-state index in [1.807, 2.05) is 168 Å². The Balaban J connectivity index is 1.02. The lowest BCUT2D eigenvalue weighted by atomic mass is 9.83. The second-order valence-corrected chi connectivity index (χ2v) is 36.7. The van der Waals surface area contributed by atoms with Crippen molar-refractivity contribution in [2.75, 3.05) is 0 Å². The number of nitrogens with one attached hydrogen (secondary N) is 2. The zero-order valence-electron chi connectivity index (χ0n) is 78.0. The first-order valence-electron chi connectivity index (χ1n) is 45.3. The maximum absolute atomic E-state index is 17.8. The Bertz CT molecular complexity index is 8330. The molecular weight excluding hydrogens is 1880 g/mol. The highest BCUT2D eigenvalue weighted by Gasteiger charge is 2.39. The van der Waals surface area contributed by atoms with Gasteiger partial charge in [0, 0.05) is 66.6 Å². The Morgan fingerprint density at radius 2 is 0.312 bits per heavy atom. The van der Waals surface area contributed by atoms with Crippen LogP contribution in [0.5, 0.6) is 0 Å². The molecule has 0 atom stereocenters. The Hall–Kier alpha value is -16.4. The van der Waals surface area contributed by atoms with Gasteiger partial charge in [-0.2, -0.15) is 0 Å². The van der Waals surface area contributed by atoms with Crippen molar-refractivity contribution in [2.24, 2.45) is 0 Å². The minimum atomic E-state index is -2.66. The van der Waals surface area contributed by atoms with Gasteiger partial charge in [0.05, 0.1) is 67.8 Å². The molecule has 7 heterocycles. The molecule has 12 bridgehead atoms. The molecule has 17 aromatic rings. The molecule has 21 rings (SSSR count). The van der Waals surface area contributed by atoms with Gasteiger partial charge < -0.3 is 9.97 Å². The standard InChI is InChI=1S/C118H72F20N6/c1-47-37-51(5)83(52(6)38-47)59-17-13-21-63-67(59)45-68-60(84-53(7)39-48(2)40-54(84)8)18-14-22-64(68)87(63)89-71-25-29-75(139-71)91(95-99(119)107(127)115(135)108(128)100(95)120)79-33-35-81(143-79)93(97-103(123)111(131)117(137)112(132)104(97)124)77-31-27-73(141-77)90(88-65-23-15-19-61(85-55(9)41-49(3)42-56(85)10)69(65)46-70-62(20-16-24-66(70)88)86-57(11)43-50(4)44-58(86)12)74-28-32-78(142-74)94(98-105(125)113(133)118(138)114(134)106(98)126)82-36-34-80(144-82)92(76-30-26-72(89)140-76)96-101(121)109(129)116(136)110(130)102(96)122/h13-46,139,142H,1-12H3. The van der Waals surface area contributed by atoms with Gasteiger partial charge in [0.25, 0.3) is 0 Å². The van der Waals surface area contributed by atoms with Crippen LogP contribution in [-0.4, -0.2) is 29.9 Å². The Morgan fingerprint density at radius 1 is 0.153 bits per heavy atom. The SMILES string of the molecule is Cc1cc(C)c(-c2cccc3c(-c4c5nc(c(-c6c(F)c(F)c(F)c(F)c6F)c6nc(c(-c7c(F)c(F)c(F)c(F)c7F)c7ccc([nH]7)c(-c7c8cccc(-c9c(C)cc(C)cc9C)c8cc8c(-c9c(C)cc(C)cc9C)cccc78)c7nc(c(-c8c(F)c(F)c(F)c(F)c8F)c8nc(c(-c9c(F)c(F)c(F)c(F)c9F)c9ccc4[nH]9)C=C8)C=C7)C=C6)C=C5)c4cccc(-c5c(C)cc(C)cc5C)c4cc23)c(C)c1. The molecule has 0 amide bonds. The minimum absolute atomic E-state index is 0.132. The second kappa shape index (κ2) is 34.8. The lowest BCUT2D eigenvalue weighted by molar-refractivity contribution is 0.381. The summed E-state index contributed by atoms with van der Waals surface area (Å²) in [7, 11) is 0. The number of aromatic amines is 2. The lowest BCUT2D eigenvalue weighted by Crippen LogP contribution is -2.06. The molecule has 0 spiro atoms. The number of halogens is 20. The van der Waals surface area contributed by atoms with Gasteiger partial charge in [-0.25, -0.2) is 108 Å². The Morgan fingerprint density at radius 3 is 0.500 bits per heavy atom. The summed E-state index contributed by atoms with van der Waals surface area (Å²) in [5, 5.41) is 3.23. The van der Waals surface area contributed by atoms with Gasteiger partial charge in [-0.05, 0) is 300 Å². The molecular formula is C118H72F20N6. The molecule has 0 aliphatic carbocycles. The first-order chi connectivity index (χ1) is 68.7. The van der Waals surface area contributed by atoms with Crippen LogP contribution in [0.15, 0.2) is 158 Å². The summed E-state index contributed by atoms with van der Waals surface area (Å²) in [5.74, 6) is -51.0.